The third-order valence-corrected chi connectivity index (χ3v) is 3.93. The molecule has 98 valence electrons. The monoisotopic (exact) mass is 265 g/mol. The molecule has 0 spiro atoms. The number of nitrogens with zero attached hydrogens (tertiary/aromatic N) is 4. The van der Waals surface area contributed by atoms with Crippen LogP contribution in [-0.2, 0) is 6.54 Å². The molecule has 0 fully saturated rings. The molecule has 0 saturated carbocycles. The van der Waals surface area contributed by atoms with Gasteiger partial charge in [-0.3, -0.25) is 4.68 Å². The second kappa shape index (κ2) is 5.48. The molecule has 0 bridgehead atoms. The fourth-order valence-electron chi connectivity index (χ4n) is 1.78. The van der Waals surface area contributed by atoms with Crippen LogP contribution in [0.4, 0.5) is 5.82 Å². The molecule has 0 radical (unpaired) electrons. The van der Waals surface area contributed by atoms with Crippen molar-refractivity contribution in [2.45, 2.75) is 46.7 Å². The molecule has 0 amide bonds. The first-order valence-corrected chi connectivity index (χ1v) is 6.97. The van der Waals surface area contributed by atoms with E-state index in [0.29, 0.717) is 6.04 Å². The lowest BCUT2D eigenvalue weighted by Gasteiger charge is -2.10. The minimum Gasteiger partial charge on any atom is -0.364 e. The van der Waals surface area contributed by atoms with E-state index in [1.807, 2.05) is 6.92 Å². The molecule has 1 unspecified atom stereocenters. The first kappa shape index (κ1) is 13.0. The van der Waals surface area contributed by atoms with Crippen molar-refractivity contribution in [3.05, 3.63) is 22.3 Å². The Kier molecular flexibility index (Phi) is 3.96. The van der Waals surface area contributed by atoms with Crippen LogP contribution in [0.25, 0.3) is 0 Å². The molecule has 6 heteroatoms. The van der Waals surface area contributed by atoms with E-state index in [-0.39, 0.29) is 0 Å². The Hall–Kier alpha value is -1.43. The third kappa shape index (κ3) is 2.69. The molecule has 18 heavy (non-hydrogen) atoms. The van der Waals surface area contributed by atoms with E-state index in [1.165, 1.54) is 17.2 Å². The second-order valence-corrected chi connectivity index (χ2v) is 5.35. The van der Waals surface area contributed by atoms with Crippen LogP contribution < -0.4 is 5.32 Å². The number of nitrogens with one attached hydrogen (secondary N) is 1. The maximum absolute atomic E-state index is 4.58. The van der Waals surface area contributed by atoms with Crippen molar-refractivity contribution in [2.24, 2.45) is 0 Å². The molecule has 2 rings (SSSR count). The molecular formula is C12H19N5S. The predicted molar refractivity (Wildman–Crippen MR) is 73.9 cm³/mol. The number of anilines is 1. The van der Waals surface area contributed by atoms with Crippen LogP contribution >= 0.6 is 11.5 Å². The standard InChI is InChI=1S/C12H19N5S/c1-5-8(2)17-9(3)6-12(15-17)13-7-11-10(4)14-16-18-11/h6,8H,5,7H2,1-4H3,(H,13,15). The quantitative estimate of drug-likeness (QED) is 0.903. The smallest absolute Gasteiger partial charge is 0.148 e. The third-order valence-electron chi connectivity index (χ3n) is 3.11. The van der Waals surface area contributed by atoms with Crippen molar-refractivity contribution < 1.29 is 0 Å². The van der Waals surface area contributed by atoms with Gasteiger partial charge in [-0.15, -0.1) is 5.10 Å². The minimum absolute atomic E-state index is 0.437. The SMILES string of the molecule is CCC(C)n1nc(NCc2snnc2C)cc1C. The van der Waals surface area contributed by atoms with E-state index in [1.54, 1.807) is 0 Å². The molecular weight excluding hydrogens is 246 g/mol. The van der Waals surface area contributed by atoms with E-state index in [0.717, 1.165) is 29.4 Å². The zero-order valence-corrected chi connectivity index (χ0v) is 12.1. The summed E-state index contributed by atoms with van der Waals surface area (Å²) in [4.78, 5) is 1.16. The Balaban J connectivity index is 2.04. The predicted octanol–water partition coefficient (Wildman–Crippen LogP) is 2.93. The van der Waals surface area contributed by atoms with E-state index >= 15 is 0 Å². The topological polar surface area (TPSA) is 55.6 Å². The van der Waals surface area contributed by atoms with Gasteiger partial charge in [-0.25, -0.2) is 0 Å². The summed E-state index contributed by atoms with van der Waals surface area (Å²) in [6.45, 7) is 9.15. The van der Waals surface area contributed by atoms with Crippen LogP contribution in [0.1, 0.15) is 42.6 Å². The van der Waals surface area contributed by atoms with Crippen molar-refractivity contribution in [1.82, 2.24) is 19.4 Å². The van der Waals surface area contributed by atoms with Crippen LogP contribution in [0.15, 0.2) is 6.07 Å². The molecule has 1 atom stereocenters. The van der Waals surface area contributed by atoms with Gasteiger partial charge in [-0.2, -0.15) is 5.10 Å². The summed E-state index contributed by atoms with van der Waals surface area (Å²) < 4.78 is 5.99. The highest BCUT2D eigenvalue weighted by molar-refractivity contribution is 7.05. The van der Waals surface area contributed by atoms with Gasteiger partial charge in [0.2, 0.25) is 0 Å². The molecule has 2 aromatic rings. The van der Waals surface area contributed by atoms with Crippen LogP contribution in [-0.4, -0.2) is 19.4 Å². The van der Waals surface area contributed by atoms with Crippen LogP contribution in [0, 0.1) is 13.8 Å². The number of aromatic nitrogens is 4. The lowest BCUT2D eigenvalue weighted by atomic mass is 10.2. The zero-order chi connectivity index (χ0) is 13.1. The highest BCUT2D eigenvalue weighted by Crippen LogP contribution is 2.18. The average Bonchev–Trinajstić information content (AvgIpc) is 2.92. The number of aryl methyl sites for hydroxylation is 2. The lowest BCUT2D eigenvalue weighted by molar-refractivity contribution is 0.468. The first-order chi connectivity index (χ1) is 8.61. The summed E-state index contributed by atoms with van der Waals surface area (Å²) in [5, 5.41) is 11.9. The van der Waals surface area contributed by atoms with Gasteiger partial charge in [0.1, 0.15) is 5.82 Å². The summed E-state index contributed by atoms with van der Waals surface area (Å²) in [5.74, 6) is 0.917. The van der Waals surface area contributed by atoms with Crippen molar-refractivity contribution in [3.63, 3.8) is 0 Å². The normalized spacial score (nSPS) is 12.7. The molecule has 1 N–H and O–H groups in total. The fourth-order valence-corrected chi connectivity index (χ4v) is 2.35. The maximum Gasteiger partial charge on any atom is 0.148 e. The first-order valence-electron chi connectivity index (χ1n) is 6.19. The summed E-state index contributed by atoms with van der Waals surface area (Å²) in [6.07, 6.45) is 1.08. The van der Waals surface area contributed by atoms with Crippen molar-refractivity contribution in [1.29, 1.82) is 0 Å². The molecule has 0 aliphatic heterocycles. The molecule has 2 aromatic heterocycles. The van der Waals surface area contributed by atoms with Gasteiger partial charge in [0.15, 0.2) is 0 Å². The fraction of sp³-hybridized carbons (Fsp3) is 0.583. The number of rotatable bonds is 5. The number of hydrogen-bond donors (Lipinski definition) is 1. The molecule has 0 aromatic carbocycles. The van der Waals surface area contributed by atoms with Gasteiger partial charge in [-0.05, 0) is 38.7 Å². The Morgan fingerprint density at radius 3 is 2.83 bits per heavy atom. The van der Waals surface area contributed by atoms with Crippen molar-refractivity contribution >= 4 is 17.4 Å². The maximum atomic E-state index is 4.58. The summed E-state index contributed by atoms with van der Waals surface area (Å²) >= 11 is 1.43. The zero-order valence-electron chi connectivity index (χ0n) is 11.3. The highest BCUT2D eigenvalue weighted by Gasteiger charge is 2.09. The van der Waals surface area contributed by atoms with Gasteiger partial charge in [0.05, 0.1) is 17.1 Å². The lowest BCUT2D eigenvalue weighted by Crippen LogP contribution is -2.08. The van der Waals surface area contributed by atoms with Crippen molar-refractivity contribution in [3.8, 4) is 0 Å². The van der Waals surface area contributed by atoms with Gasteiger partial charge < -0.3 is 5.32 Å². The van der Waals surface area contributed by atoms with E-state index in [2.05, 4.69) is 51.5 Å². The van der Waals surface area contributed by atoms with Crippen LogP contribution in [0.2, 0.25) is 0 Å². The second-order valence-electron chi connectivity index (χ2n) is 4.51. The Morgan fingerprint density at radius 2 is 2.22 bits per heavy atom. The summed E-state index contributed by atoms with van der Waals surface area (Å²) in [6, 6.07) is 2.52. The van der Waals surface area contributed by atoms with E-state index in [9.17, 15) is 0 Å². The molecule has 5 nitrogen and oxygen atoms in total. The van der Waals surface area contributed by atoms with E-state index < -0.39 is 0 Å². The Morgan fingerprint density at radius 1 is 1.44 bits per heavy atom. The molecule has 0 saturated heterocycles. The molecule has 2 heterocycles. The van der Waals surface area contributed by atoms with Gasteiger partial charge >= 0.3 is 0 Å². The van der Waals surface area contributed by atoms with E-state index in [4.69, 9.17) is 0 Å². The van der Waals surface area contributed by atoms with Gasteiger partial charge in [0.25, 0.3) is 0 Å². The highest BCUT2D eigenvalue weighted by atomic mass is 32.1. The van der Waals surface area contributed by atoms with Crippen LogP contribution in [0.3, 0.4) is 0 Å². The summed E-state index contributed by atoms with van der Waals surface area (Å²) in [5.41, 5.74) is 2.18. The van der Waals surface area contributed by atoms with Gasteiger partial charge in [0, 0.05) is 17.8 Å². The van der Waals surface area contributed by atoms with Gasteiger partial charge in [-0.1, -0.05) is 11.4 Å². The van der Waals surface area contributed by atoms with Crippen LogP contribution in [0.5, 0.6) is 0 Å². The van der Waals surface area contributed by atoms with Crippen molar-refractivity contribution in [2.75, 3.05) is 5.32 Å². The molecule has 0 aliphatic rings. The Bertz CT molecular complexity index is 516. The Labute approximate surface area is 111 Å². The largest absolute Gasteiger partial charge is 0.364 e. The number of hydrogen-bond acceptors (Lipinski definition) is 5. The summed E-state index contributed by atoms with van der Waals surface area (Å²) in [7, 11) is 0. The average molecular weight is 265 g/mol. The molecule has 0 aliphatic carbocycles. The minimum atomic E-state index is 0.437.